The Bertz CT molecular complexity index is 467. The average Bonchev–Trinajstić information content (AvgIpc) is 2.75. The van der Waals surface area contributed by atoms with Crippen LogP contribution >= 0.6 is 0 Å². The molecule has 2 aliphatic heterocycles. The van der Waals surface area contributed by atoms with Gasteiger partial charge in [0.1, 0.15) is 0 Å². The smallest absolute Gasteiger partial charge is 0.236 e. The van der Waals surface area contributed by atoms with E-state index in [0.717, 1.165) is 37.4 Å². The van der Waals surface area contributed by atoms with E-state index in [0.29, 0.717) is 13.3 Å². The summed E-state index contributed by atoms with van der Waals surface area (Å²) in [6.07, 6.45) is 1.75. The number of amides is 1. The van der Waals surface area contributed by atoms with Gasteiger partial charge in [-0.15, -0.1) is 0 Å². The lowest BCUT2D eigenvalue weighted by Gasteiger charge is -2.19. The number of ether oxygens (including phenoxy) is 2. The number of rotatable bonds is 2. The van der Waals surface area contributed by atoms with Crippen molar-refractivity contribution in [2.75, 3.05) is 33.5 Å². The molecule has 0 aromatic heterocycles. The van der Waals surface area contributed by atoms with Crippen LogP contribution in [0.5, 0.6) is 11.5 Å². The summed E-state index contributed by atoms with van der Waals surface area (Å²) in [4.78, 5) is 13.8. The van der Waals surface area contributed by atoms with Gasteiger partial charge in [0, 0.05) is 13.1 Å². The van der Waals surface area contributed by atoms with E-state index in [2.05, 4.69) is 17.4 Å². The largest absolute Gasteiger partial charge is 0.454 e. The van der Waals surface area contributed by atoms with E-state index in [9.17, 15) is 4.79 Å². The third-order valence-electron chi connectivity index (χ3n) is 3.68. The molecule has 1 aromatic rings. The fourth-order valence-corrected chi connectivity index (χ4v) is 2.63. The number of carbonyl (C=O) groups is 1. The maximum atomic E-state index is 11.9. The second-order valence-corrected chi connectivity index (χ2v) is 4.89. The molecule has 1 amide bonds. The molecular weight excluding hydrogens is 244 g/mol. The summed E-state index contributed by atoms with van der Waals surface area (Å²) in [5.74, 6) is 1.82. The van der Waals surface area contributed by atoms with Crippen LogP contribution in [0.1, 0.15) is 11.1 Å². The molecule has 102 valence electrons. The van der Waals surface area contributed by atoms with E-state index >= 15 is 0 Å². The lowest BCUT2D eigenvalue weighted by Crippen LogP contribution is -2.38. The first kappa shape index (κ1) is 12.3. The number of benzene rings is 1. The summed E-state index contributed by atoms with van der Waals surface area (Å²) >= 11 is 0. The van der Waals surface area contributed by atoms with Crippen LogP contribution in [0.15, 0.2) is 12.1 Å². The molecule has 0 aliphatic carbocycles. The molecule has 5 heteroatoms. The van der Waals surface area contributed by atoms with Crippen molar-refractivity contribution in [1.29, 1.82) is 0 Å². The second kappa shape index (κ2) is 5.09. The van der Waals surface area contributed by atoms with Gasteiger partial charge >= 0.3 is 0 Å². The van der Waals surface area contributed by atoms with Gasteiger partial charge < -0.3 is 19.7 Å². The van der Waals surface area contributed by atoms with Gasteiger partial charge in [0.15, 0.2) is 11.5 Å². The number of likely N-dealkylation sites (N-methyl/N-ethyl adjacent to an activating group) is 1. The topological polar surface area (TPSA) is 50.8 Å². The molecule has 1 aromatic carbocycles. The van der Waals surface area contributed by atoms with Gasteiger partial charge in [-0.25, -0.2) is 0 Å². The Hall–Kier alpha value is -1.75. The minimum atomic E-state index is 0.162. The third kappa shape index (κ3) is 2.38. The molecule has 2 heterocycles. The van der Waals surface area contributed by atoms with Crippen molar-refractivity contribution in [3.8, 4) is 11.5 Å². The molecule has 0 saturated heterocycles. The minimum Gasteiger partial charge on any atom is -0.454 e. The molecule has 1 N–H and O–H groups in total. The highest BCUT2D eigenvalue weighted by atomic mass is 16.7. The third-order valence-corrected chi connectivity index (χ3v) is 3.68. The predicted molar refractivity (Wildman–Crippen MR) is 70.5 cm³/mol. The van der Waals surface area contributed by atoms with Crippen molar-refractivity contribution in [2.45, 2.75) is 12.8 Å². The van der Waals surface area contributed by atoms with Crippen molar-refractivity contribution in [3.63, 3.8) is 0 Å². The first-order valence-corrected chi connectivity index (χ1v) is 6.61. The maximum absolute atomic E-state index is 11.9. The molecule has 3 rings (SSSR count). The van der Waals surface area contributed by atoms with Crippen molar-refractivity contribution in [3.05, 3.63) is 23.3 Å². The Morgan fingerprint density at radius 3 is 2.32 bits per heavy atom. The van der Waals surface area contributed by atoms with Crippen molar-refractivity contribution >= 4 is 5.91 Å². The fraction of sp³-hybridized carbons (Fsp3) is 0.500. The summed E-state index contributed by atoms with van der Waals surface area (Å²) in [5.41, 5.74) is 2.54. The lowest BCUT2D eigenvalue weighted by atomic mass is 10.0. The summed E-state index contributed by atoms with van der Waals surface area (Å²) in [6.45, 7) is 2.25. The highest BCUT2D eigenvalue weighted by Gasteiger charge is 2.22. The van der Waals surface area contributed by atoms with E-state index in [-0.39, 0.29) is 5.91 Å². The Morgan fingerprint density at radius 2 is 1.79 bits per heavy atom. The van der Waals surface area contributed by atoms with E-state index < -0.39 is 0 Å². The zero-order valence-corrected chi connectivity index (χ0v) is 11.1. The molecule has 0 atom stereocenters. The SMILES string of the molecule is CNCC(=O)N1CCc2cc3c(cc2CC1)OCO3. The standard InChI is InChI=1S/C14H18N2O3/c1-15-8-14(17)16-4-2-10-6-12-13(19-9-18-12)7-11(10)3-5-16/h6-7,15H,2-5,8-9H2,1H3. The Balaban J connectivity index is 1.77. The van der Waals surface area contributed by atoms with E-state index in [4.69, 9.17) is 9.47 Å². The Kier molecular flexibility index (Phi) is 3.29. The van der Waals surface area contributed by atoms with Crippen LogP contribution in [0, 0.1) is 0 Å². The summed E-state index contributed by atoms with van der Waals surface area (Å²) in [5, 5.41) is 2.91. The summed E-state index contributed by atoms with van der Waals surface area (Å²) in [6, 6.07) is 4.12. The highest BCUT2D eigenvalue weighted by molar-refractivity contribution is 5.78. The van der Waals surface area contributed by atoms with Crippen LogP contribution in [0.25, 0.3) is 0 Å². The van der Waals surface area contributed by atoms with Crippen LogP contribution < -0.4 is 14.8 Å². The number of fused-ring (bicyclic) bond motifs is 2. The van der Waals surface area contributed by atoms with Crippen LogP contribution in [-0.2, 0) is 17.6 Å². The Morgan fingerprint density at radius 1 is 1.21 bits per heavy atom. The quantitative estimate of drug-likeness (QED) is 0.846. The minimum absolute atomic E-state index is 0.162. The van der Waals surface area contributed by atoms with Gasteiger partial charge in [0.25, 0.3) is 0 Å². The normalized spacial score (nSPS) is 17.0. The molecular formula is C14H18N2O3. The molecule has 5 nitrogen and oxygen atoms in total. The molecule has 0 unspecified atom stereocenters. The van der Waals surface area contributed by atoms with Crippen LogP contribution in [-0.4, -0.2) is 44.3 Å². The molecule has 0 saturated carbocycles. The number of nitrogens with one attached hydrogen (secondary N) is 1. The molecule has 0 bridgehead atoms. The number of hydrogen-bond acceptors (Lipinski definition) is 4. The first-order chi connectivity index (χ1) is 9.28. The number of hydrogen-bond donors (Lipinski definition) is 1. The van der Waals surface area contributed by atoms with Gasteiger partial charge in [0.2, 0.25) is 12.7 Å². The molecule has 2 aliphatic rings. The Labute approximate surface area is 112 Å². The molecule has 0 radical (unpaired) electrons. The average molecular weight is 262 g/mol. The zero-order valence-electron chi connectivity index (χ0n) is 11.1. The summed E-state index contributed by atoms with van der Waals surface area (Å²) < 4.78 is 10.8. The van der Waals surface area contributed by atoms with Gasteiger partial charge in [-0.2, -0.15) is 0 Å². The number of carbonyl (C=O) groups excluding carboxylic acids is 1. The highest BCUT2D eigenvalue weighted by Crippen LogP contribution is 2.35. The van der Waals surface area contributed by atoms with Crippen molar-refractivity contribution in [2.24, 2.45) is 0 Å². The molecule has 0 fully saturated rings. The van der Waals surface area contributed by atoms with E-state index in [1.807, 2.05) is 4.90 Å². The molecule has 0 spiro atoms. The van der Waals surface area contributed by atoms with Gasteiger partial charge in [-0.1, -0.05) is 0 Å². The van der Waals surface area contributed by atoms with Gasteiger partial charge in [0.05, 0.1) is 6.54 Å². The van der Waals surface area contributed by atoms with Crippen molar-refractivity contribution < 1.29 is 14.3 Å². The fourth-order valence-electron chi connectivity index (χ4n) is 2.63. The zero-order chi connectivity index (χ0) is 13.2. The maximum Gasteiger partial charge on any atom is 0.236 e. The predicted octanol–water partition coefficient (Wildman–Crippen LogP) is 0.562. The summed E-state index contributed by atoms with van der Waals surface area (Å²) in [7, 11) is 1.80. The lowest BCUT2D eigenvalue weighted by molar-refractivity contribution is -0.130. The van der Waals surface area contributed by atoms with E-state index in [1.165, 1.54) is 11.1 Å². The van der Waals surface area contributed by atoms with Crippen LogP contribution in [0.2, 0.25) is 0 Å². The molecule has 19 heavy (non-hydrogen) atoms. The van der Waals surface area contributed by atoms with Crippen LogP contribution in [0.4, 0.5) is 0 Å². The number of nitrogens with zero attached hydrogens (tertiary/aromatic N) is 1. The second-order valence-electron chi connectivity index (χ2n) is 4.89. The van der Waals surface area contributed by atoms with Gasteiger partial charge in [-0.05, 0) is 43.1 Å². The van der Waals surface area contributed by atoms with Crippen molar-refractivity contribution in [1.82, 2.24) is 10.2 Å². The van der Waals surface area contributed by atoms with Gasteiger partial charge in [-0.3, -0.25) is 4.79 Å². The first-order valence-electron chi connectivity index (χ1n) is 6.61. The monoisotopic (exact) mass is 262 g/mol. The van der Waals surface area contributed by atoms with E-state index in [1.54, 1.807) is 7.05 Å². The van der Waals surface area contributed by atoms with Crippen LogP contribution in [0.3, 0.4) is 0 Å².